The van der Waals surface area contributed by atoms with Crippen molar-refractivity contribution in [3.63, 3.8) is 0 Å². The third-order valence-electron chi connectivity index (χ3n) is 4.60. The molecule has 0 aromatic heterocycles. The summed E-state index contributed by atoms with van der Waals surface area (Å²) in [5, 5.41) is 0. The molecule has 0 saturated carbocycles. The van der Waals surface area contributed by atoms with Gasteiger partial charge in [0.05, 0.1) is 0 Å². The molecule has 0 N–H and O–H groups in total. The predicted molar refractivity (Wildman–Crippen MR) is 52.1 cm³/mol. The van der Waals surface area contributed by atoms with Crippen LogP contribution in [0.5, 0.6) is 0 Å². The molecule has 0 amide bonds. The summed E-state index contributed by atoms with van der Waals surface area (Å²) < 4.78 is 0. The highest BCUT2D eigenvalue weighted by molar-refractivity contribution is 5.01. The minimum atomic E-state index is 0.543. The van der Waals surface area contributed by atoms with Gasteiger partial charge in [-0.15, -0.1) is 0 Å². The van der Waals surface area contributed by atoms with Gasteiger partial charge in [0.2, 0.25) is 0 Å². The fourth-order valence-corrected chi connectivity index (χ4v) is 3.23. The summed E-state index contributed by atoms with van der Waals surface area (Å²) in [5.74, 6) is 0.909. The van der Waals surface area contributed by atoms with Gasteiger partial charge in [-0.1, -0.05) is 20.8 Å². The first-order chi connectivity index (χ1) is 5.53. The average molecular weight is 167 g/mol. The van der Waals surface area contributed by atoms with E-state index in [4.69, 9.17) is 0 Å². The van der Waals surface area contributed by atoms with Crippen LogP contribution in [-0.2, 0) is 0 Å². The first-order valence-electron chi connectivity index (χ1n) is 5.25. The molecule has 12 heavy (non-hydrogen) atoms. The molecule has 0 aromatic carbocycles. The Morgan fingerprint density at radius 3 is 2.58 bits per heavy atom. The van der Waals surface area contributed by atoms with E-state index in [-0.39, 0.29) is 0 Å². The molecule has 0 aromatic rings. The zero-order chi connectivity index (χ0) is 8.93. The SMILES string of the molecule is CC1CC2CCC(N2C)C1(C)C. The van der Waals surface area contributed by atoms with Crippen molar-refractivity contribution in [1.29, 1.82) is 0 Å². The van der Waals surface area contributed by atoms with E-state index in [1.807, 2.05) is 0 Å². The van der Waals surface area contributed by atoms with E-state index in [0.29, 0.717) is 5.41 Å². The Hall–Kier alpha value is -0.0400. The van der Waals surface area contributed by atoms with Crippen molar-refractivity contribution in [3.05, 3.63) is 0 Å². The molecular weight excluding hydrogens is 146 g/mol. The Balaban J connectivity index is 2.26. The highest BCUT2D eigenvalue weighted by Gasteiger charge is 2.48. The molecule has 2 rings (SSSR count). The molecule has 0 aliphatic carbocycles. The molecule has 3 atom stereocenters. The van der Waals surface area contributed by atoms with E-state index in [9.17, 15) is 0 Å². The molecule has 2 bridgehead atoms. The number of piperidine rings is 1. The molecule has 1 nitrogen and oxygen atoms in total. The van der Waals surface area contributed by atoms with E-state index in [2.05, 4.69) is 32.7 Å². The van der Waals surface area contributed by atoms with Crippen molar-refractivity contribution in [3.8, 4) is 0 Å². The zero-order valence-corrected chi connectivity index (χ0v) is 8.80. The highest BCUT2D eigenvalue weighted by atomic mass is 15.2. The fourth-order valence-electron chi connectivity index (χ4n) is 3.23. The fraction of sp³-hybridized carbons (Fsp3) is 1.00. The standard InChI is InChI=1S/C11H21N/c1-8-7-9-5-6-10(12(9)4)11(8,2)3/h8-10H,5-7H2,1-4H3. The van der Waals surface area contributed by atoms with Gasteiger partial charge in [-0.25, -0.2) is 0 Å². The first-order valence-corrected chi connectivity index (χ1v) is 5.25. The van der Waals surface area contributed by atoms with Gasteiger partial charge in [-0.3, -0.25) is 4.90 Å². The largest absolute Gasteiger partial charge is 0.300 e. The Morgan fingerprint density at radius 2 is 1.92 bits per heavy atom. The number of nitrogens with zero attached hydrogens (tertiary/aromatic N) is 1. The lowest BCUT2D eigenvalue weighted by Gasteiger charge is -2.47. The predicted octanol–water partition coefficient (Wildman–Crippen LogP) is 2.52. The monoisotopic (exact) mass is 167 g/mol. The van der Waals surface area contributed by atoms with Gasteiger partial charge in [-0.2, -0.15) is 0 Å². The van der Waals surface area contributed by atoms with Crippen molar-refractivity contribution in [2.75, 3.05) is 7.05 Å². The van der Waals surface area contributed by atoms with Gasteiger partial charge in [0.15, 0.2) is 0 Å². The van der Waals surface area contributed by atoms with E-state index < -0.39 is 0 Å². The van der Waals surface area contributed by atoms with Crippen LogP contribution in [0, 0.1) is 11.3 Å². The third kappa shape index (κ3) is 0.953. The minimum absolute atomic E-state index is 0.543. The molecule has 2 fully saturated rings. The summed E-state index contributed by atoms with van der Waals surface area (Å²) in [6, 6.07) is 1.75. The molecule has 0 radical (unpaired) electrons. The average Bonchev–Trinajstić information content (AvgIpc) is 2.27. The maximum Gasteiger partial charge on any atom is 0.0149 e. The smallest absolute Gasteiger partial charge is 0.0149 e. The lowest BCUT2D eigenvalue weighted by Crippen LogP contribution is -2.50. The summed E-state index contributed by atoms with van der Waals surface area (Å²) in [6.07, 6.45) is 4.29. The van der Waals surface area contributed by atoms with Crippen LogP contribution >= 0.6 is 0 Å². The van der Waals surface area contributed by atoms with Crippen LogP contribution < -0.4 is 0 Å². The highest BCUT2D eigenvalue weighted by Crippen LogP contribution is 2.48. The van der Waals surface area contributed by atoms with Gasteiger partial charge in [0.25, 0.3) is 0 Å². The molecule has 1 heteroatoms. The third-order valence-corrected chi connectivity index (χ3v) is 4.60. The number of hydrogen-bond donors (Lipinski definition) is 0. The lowest BCUT2D eigenvalue weighted by atomic mass is 9.70. The van der Waals surface area contributed by atoms with Crippen LogP contribution in [0.25, 0.3) is 0 Å². The molecule has 2 heterocycles. The molecule has 0 spiro atoms. The van der Waals surface area contributed by atoms with Crippen molar-refractivity contribution in [1.82, 2.24) is 4.90 Å². The second-order valence-corrected chi connectivity index (χ2v) is 5.37. The van der Waals surface area contributed by atoms with Crippen molar-refractivity contribution < 1.29 is 0 Å². The molecule has 70 valence electrons. The van der Waals surface area contributed by atoms with Crippen molar-refractivity contribution in [2.45, 2.75) is 52.1 Å². The van der Waals surface area contributed by atoms with Crippen LogP contribution in [-0.4, -0.2) is 24.0 Å². The number of rotatable bonds is 0. The number of fused-ring (bicyclic) bond motifs is 2. The van der Waals surface area contributed by atoms with Crippen LogP contribution in [0.2, 0.25) is 0 Å². The van der Waals surface area contributed by atoms with Crippen LogP contribution in [0.1, 0.15) is 40.0 Å². The normalized spacial score (nSPS) is 46.5. The van der Waals surface area contributed by atoms with Crippen molar-refractivity contribution in [2.24, 2.45) is 11.3 Å². The van der Waals surface area contributed by atoms with E-state index in [0.717, 1.165) is 18.0 Å². The van der Waals surface area contributed by atoms with Gasteiger partial charge < -0.3 is 0 Å². The quantitative estimate of drug-likeness (QED) is 0.536. The molecular formula is C11H21N. The second kappa shape index (κ2) is 2.47. The van der Waals surface area contributed by atoms with Crippen molar-refractivity contribution >= 4 is 0 Å². The van der Waals surface area contributed by atoms with Crippen LogP contribution in [0.15, 0.2) is 0 Å². The summed E-state index contributed by atoms with van der Waals surface area (Å²) in [5.41, 5.74) is 0.543. The second-order valence-electron chi connectivity index (χ2n) is 5.37. The van der Waals surface area contributed by atoms with E-state index >= 15 is 0 Å². The Labute approximate surface area is 76.1 Å². The lowest BCUT2D eigenvalue weighted by molar-refractivity contribution is 0.0143. The number of hydrogen-bond acceptors (Lipinski definition) is 1. The molecule has 2 aliphatic heterocycles. The van der Waals surface area contributed by atoms with Gasteiger partial charge in [0.1, 0.15) is 0 Å². The summed E-state index contributed by atoms with van der Waals surface area (Å²) >= 11 is 0. The Kier molecular flexibility index (Phi) is 1.76. The Bertz CT molecular complexity index is 185. The van der Waals surface area contributed by atoms with Gasteiger partial charge in [0, 0.05) is 12.1 Å². The maximum absolute atomic E-state index is 2.62. The first kappa shape index (κ1) is 8.55. The topological polar surface area (TPSA) is 3.24 Å². The van der Waals surface area contributed by atoms with Gasteiger partial charge in [-0.05, 0) is 37.6 Å². The Morgan fingerprint density at radius 1 is 1.25 bits per heavy atom. The van der Waals surface area contributed by atoms with E-state index in [1.54, 1.807) is 0 Å². The maximum atomic E-state index is 2.62. The zero-order valence-electron chi connectivity index (χ0n) is 8.80. The van der Waals surface area contributed by atoms with Crippen LogP contribution in [0.4, 0.5) is 0 Å². The minimum Gasteiger partial charge on any atom is -0.300 e. The molecule has 2 aliphatic rings. The summed E-state index contributed by atoms with van der Waals surface area (Å²) in [6.45, 7) is 7.32. The molecule has 2 saturated heterocycles. The summed E-state index contributed by atoms with van der Waals surface area (Å²) in [4.78, 5) is 2.62. The summed E-state index contributed by atoms with van der Waals surface area (Å²) in [7, 11) is 2.32. The van der Waals surface area contributed by atoms with E-state index in [1.165, 1.54) is 19.3 Å². The van der Waals surface area contributed by atoms with Gasteiger partial charge >= 0.3 is 0 Å². The van der Waals surface area contributed by atoms with Crippen LogP contribution in [0.3, 0.4) is 0 Å². The molecule has 3 unspecified atom stereocenters.